The van der Waals surface area contributed by atoms with Crippen LogP contribution in [-0.2, 0) is 6.18 Å². The third-order valence-electron chi connectivity index (χ3n) is 5.80. The Kier molecular flexibility index (Phi) is 5.24. The molecule has 8 heteroatoms. The van der Waals surface area contributed by atoms with Crippen LogP contribution in [0.25, 0.3) is 10.9 Å². The van der Waals surface area contributed by atoms with Crippen molar-refractivity contribution in [3.8, 4) is 0 Å². The van der Waals surface area contributed by atoms with Crippen LogP contribution in [0.4, 0.5) is 24.5 Å². The Bertz CT molecular complexity index is 1220. The van der Waals surface area contributed by atoms with E-state index in [4.69, 9.17) is 0 Å². The minimum Gasteiger partial charge on any atom is -0.369 e. The SMILES string of the molecule is Cc1cccc2[nH]cc(C(=O)Nc3ccc(N4CCC[C@H]4C)cc3C(F)(F)F)c(=O)c12. The molecule has 1 atom stereocenters. The number of fused-ring (bicyclic) bond motifs is 1. The van der Waals surface area contributed by atoms with Crippen molar-refractivity contribution in [3.63, 3.8) is 0 Å². The maximum atomic E-state index is 13.8. The molecule has 0 aliphatic carbocycles. The smallest absolute Gasteiger partial charge is 0.369 e. The van der Waals surface area contributed by atoms with Gasteiger partial charge in [-0.3, -0.25) is 9.59 Å². The largest absolute Gasteiger partial charge is 0.418 e. The summed E-state index contributed by atoms with van der Waals surface area (Å²) in [6.07, 6.45) is -1.59. The van der Waals surface area contributed by atoms with Gasteiger partial charge in [-0.2, -0.15) is 13.2 Å². The summed E-state index contributed by atoms with van der Waals surface area (Å²) in [5, 5.41) is 2.63. The van der Waals surface area contributed by atoms with E-state index < -0.39 is 23.1 Å². The molecule has 1 aromatic heterocycles. The molecule has 1 aliphatic rings. The average molecular weight is 429 g/mol. The first-order chi connectivity index (χ1) is 14.7. The first-order valence-electron chi connectivity index (χ1n) is 10.1. The number of rotatable bonds is 3. The fourth-order valence-corrected chi connectivity index (χ4v) is 4.17. The molecule has 0 spiro atoms. The zero-order valence-corrected chi connectivity index (χ0v) is 17.1. The van der Waals surface area contributed by atoms with Crippen molar-refractivity contribution in [2.45, 2.75) is 38.9 Å². The van der Waals surface area contributed by atoms with Gasteiger partial charge in [0.05, 0.1) is 11.3 Å². The second kappa shape index (κ2) is 7.76. The highest BCUT2D eigenvalue weighted by atomic mass is 19.4. The molecule has 1 aliphatic heterocycles. The molecule has 2 aromatic carbocycles. The van der Waals surface area contributed by atoms with Crippen LogP contribution >= 0.6 is 0 Å². The number of nitrogens with zero attached hydrogens (tertiary/aromatic N) is 1. The van der Waals surface area contributed by atoms with Gasteiger partial charge in [0.15, 0.2) is 0 Å². The molecule has 2 N–H and O–H groups in total. The Morgan fingerprint density at radius 2 is 2.00 bits per heavy atom. The number of carbonyl (C=O) groups excluding carboxylic acids is 1. The molecular formula is C23H22F3N3O2. The van der Waals surface area contributed by atoms with Crippen LogP contribution in [0.5, 0.6) is 0 Å². The topological polar surface area (TPSA) is 65.2 Å². The number of nitrogens with one attached hydrogen (secondary N) is 2. The van der Waals surface area contributed by atoms with E-state index in [1.807, 2.05) is 11.8 Å². The van der Waals surface area contributed by atoms with Crippen LogP contribution in [0, 0.1) is 6.92 Å². The maximum Gasteiger partial charge on any atom is 0.418 e. The first kappa shape index (κ1) is 21.0. The zero-order chi connectivity index (χ0) is 22.3. The second-order valence-corrected chi connectivity index (χ2v) is 7.90. The van der Waals surface area contributed by atoms with E-state index in [0.29, 0.717) is 28.7 Å². The van der Waals surface area contributed by atoms with Gasteiger partial charge in [0, 0.05) is 35.4 Å². The van der Waals surface area contributed by atoms with E-state index in [1.54, 1.807) is 31.2 Å². The summed E-state index contributed by atoms with van der Waals surface area (Å²) in [6, 6.07) is 9.24. The molecule has 0 radical (unpaired) electrons. The highest BCUT2D eigenvalue weighted by Gasteiger charge is 2.35. The number of anilines is 2. The first-order valence-corrected chi connectivity index (χ1v) is 10.1. The van der Waals surface area contributed by atoms with Gasteiger partial charge in [0.1, 0.15) is 5.56 Å². The van der Waals surface area contributed by atoms with Crippen LogP contribution in [0.3, 0.4) is 0 Å². The summed E-state index contributed by atoms with van der Waals surface area (Å²) >= 11 is 0. The fraction of sp³-hybridized carbons (Fsp3) is 0.304. The van der Waals surface area contributed by atoms with E-state index in [1.165, 1.54) is 12.3 Å². The summed E-state index contributed by atoms with van der Waals surface area (Å²) in [6.45, 7) is 4.40. The van der Waals surface area contributed by atoms with E-state index >= 15 is 0 Å². The number of halogens is 3. The number of hydrogen-bond donors (Lipinski definition) is 2. The predicted octanol–water partition coefficient (Wildman–Crippen LogP) is 5.10. The van der Waals surface area contributed by atoms with E-state index in [9.17, 15) is 22.8 Å². The Labute approximate surface area is 176 Å². The van der Waals surface area contributed by atoms with Gasteiger partial charge in [0.25, 0.3) is 5.91 Å². The maximum absolute atomic E-state index is 13.8. The van der Waals surface area contributed by atoms with Crippen molar-refractivity contribution in [3.05, 3.63) is 69.5 Å². The van der Waals surface area contributed by atoms with Gasteiger partial charge in [-0.25, -0.2) is 0 Å². The van der Waals surface area contributed by atoms with Crippen molar-refractivity contribution in [2.24, 2.45) is 0 Å². The summed E-state index contributed by atoms with van der Waals surface area (Å²) in [5.41, 5.74) is -0.389. The number of aromatic nitrogens is 1. The minimum atomic E-state index is -4.66. The number of alkyl halides is 3. The van der Waals surface area contributed by atoms with Gasteiger partial charge < -0.3 is 15.2 Å². The third kappa shape index (κ3) is 3.89. The molecular weight excluding hydrogens is 407 g/mol. The Morgan fingerprint density at radius 3 is 2.68 bits per heavy atom. The molecule has 1 amide bonds. The molecule has 2 heterocycles. The number of aromatic amines is 1. The Balaban J connectivity index is 1.71. The molecule has 3 aromatic rings. The van der Waals surface area contributed by atoms with Crippen molar-refractivity contribution < 1.29 is 18.0 Å². The highest BCUT2D eigenvalue weighted by Crippen LogP contribution is 2.38. The summed E-state index contributed by atoms with van der Waals surface area (Å²) in [7, 11) is 0. The highest BCUT2D eigenvalue weighted by molar-refractivity contribution is 6.06. The van der Waals surface area contributed by atoms with Crippen LogP contribution in [0.2, 0.25) is 0 Å². The summed E-state index contributed by atoms with van der Waals surface area (Å²) in [4.78, 5) is 30.4. The lowest BCUT2D eigenvalue weighted by atomic mass is 10.1. The Hall–Kier alpha value is -3.29. The summed E-state index contributed by atoms with van der Waals surface area (Å²) in [5.74, 6) is -0.890. The molecule has 31 heavy (non-hydrogen) atoms. The second-order valence-electron chi connectivity index (χ2n) is 7.90. The lowest BCUT2D eigenvalue weighted by Crippen LogP contribution is -2.27. The van der Waals surface area contributed by atoms with Crippen molar-refractivity contribution in [2.75, 3.05) is 16.8 Å². The number of hydrogen-bond acceptors (Lipinski definition) is 3. The number of carbonyl (C=O) groups is 1. The van der Waals surface area contributed by atoms with Crippen molar-refractivity contribution in [1.82, 2.24) is 4.98 Å². The lowest BCUT2D eigenvalue weighted by molar-refractivity contribution is -0.136. The van der Waals surface area contributed by atoms with Gasteiger partial charge in [0.2, 0.25) is 5.43 Å². The molecule has 1 saturated heterocycles. The van der Waals surface area contributed by atoms with Crippen LogP contribution in [0.15, 0.2) is 47.4 Å². The molecule has 0 unspecified atom stereocenters. The number of amides is 1. The number of benzene rings is 2. The zero-order valence-electron chi connectivity index (χ0n) is 17.1. The molecule has 4 rings (SSSR count). The monoisotopic (exact) mass is 429 g/mol. The van der Waals surface area contributed by atoms with Crippen LogP contribution in [-0.4, -0.2) is 23.5 Å². The van der Waals surface area contributed by atoms with E-state index in [0.717, 1.165) is 18.9 Å². The van der Waals surface area contributed by atoms with Gasteiger partial charge >= 0.3 is 6.18 Å². The quantitative estimate of drug-likeness (QED) is 0.609. The number of H-pyrrole nitrogens is 1. The van der Waals surface area contributed by atoms with Crippen LogP contribution in [0.1, 0.15) is 41.3 Å². The van der Waals surface area contributed by atoms with Crippen molar-refractivity contribution in [1.29, 1.82) is 0 Å². The van der Waals surface area contributed by atoms with E-state index in [2.05, 4.69) is 10.3 Å². The normalized spacial score (nSPS) is 16.7. The van der Waals surface area contributed by atoms with Crippen LogP contribution < -0.4 is 15.6 Å². The number of pyridine rings is 1. The molecule has 1 fully saturated rings. The molecule has 0 saturated carbocycles. The molecule has 0 bridgehead atoms. The Morgan fingerprint density at radius 1 is 1.23 bits per heavy atom. The standard InChI is InChI=1S/C23H22F3N3O2/c1-13-5-3-7-19-20(13)21(30)16(12-27-19)22(31)28-18-9-8-15(11-17(18)23(24,25)26)29-10-4-6-14(29)2/h3,5,7-9,11-12,14H,4,6,10H2,1-2H3,(H,27,30)(H,28,31)/t14-/m1/s1. The van der Waals surface area contributed by atoms with E-state index in [-0.39, 0.29) is 17.3 Å². The third-order valence-corrected chi connectivity index (χ3v) is 5.80. The molecule has 5 nitrogen and oxygen atoms in total. The van der Waals surface area contributed by atoms with Gasteiger partial charge in [-0.1, -0.05) is 12.1 Å². The molecule has 162 valence electrons. The predicted molar refractivity (Wildman–Crippen MR) is 115 cm³/mol. The van der Waals surface area contributed by atoms with Gasteiger partial charge in [-0.15, -0.1) is 0 Å². The lowest BCUT2D eigenvalue weighted by Gasteiger charge is -2.25. The van der Waals surface area contributed by atoms with Crippen molar-refractivity contribution >= 4 is 28.2 Å². The number of aryl methyl sites for hydroxylation is 1. The minimum absolute atomic E-state index is 0.154. The fourth-order valence-electron chi connectivity index (χ4n) is 4.17. The van der Waals surface area contributed by atoms with Gasteiger partial charge in [-0.05, 0) is 56.5 Å². The average Bonchev–Trinajstić information content (AvgIpc) is 3.13. The summed E-state index contributed by atoms with van der Waals surface area (Å²) < 4.78 is 41.3.